The van der Waals surface area contributed by atoms with Crippen molar-refractivity contribution in [2.75, 3.05) is 37.0 Å². The predicted octanol–water partition coefficient (Wildman–Crippen LogP) is 2.34. The summed E-state index contributed by atoms with van der Waals surface area (Å²) in [5, 5.41) is 10.8. The number of hydrogen-bond acceptors (Lipinski definition) is 7. The molecule has 3 rings (SSSR count). The summed E-state index contributed by atoms with van der Waals surface area (Å²) in [5.74, 6) is 0.832. The van der Waals surface area contributed by atoms with Crippen molar-refractivity contribution in [1.82, 2.24) is 24.7 Å². The fourth-order valence-electron chi connectivity index (χ4n) is 2.88. The molecule has 0 aromatic carbocycles. The molecule has 1 aliphatic rings. The Bertz CT molecular complexity index is 744. The van der Waals surface area contributed by atoms with Crippen LogP contribution < -0.4 is 10.2 Å². The lowest BCUT2D eigenvalue weighted by atomic mass is 10.3. The van der Waals surface area contributed by atoms with E-state index in [1.165, 1.54) is 0 Å². The molecule has 1 saturated heterocycles. The summed E-state index contributed by atoms with van der Waals surface area (Å²) in [6.45, 7) is 2.80. The topological polar surface area (TPSA) is 81.0 Å². The number of hydrogen-bond donors (Lipinski definition) is 1. The summed E-state index contributed by atoms with van der Waals surface area (Å²) < 4.78 is 46.5. The third-order valence-electron chi connectivity index (χ3n) is 4.26. The molecule has 1 N–H and O–H groups in total. The van der Waals surface area contributed by atoms with Crippen LogP contribution in [0.2, 0.25) is 0 Å². The lowest BCUT2D eigenvalue weighted by molar-refractivity contribution is -0.141. The van der Waals surface area contributed by atoms with E-state index in [-0.39, 0.29) is 18.3 Å². The third kappa shape index (κ3) is 5.06. The number of nitrogens with zero attached hydrogens (tertiary/aromatic N) is 6. The summed E-state index contributed by atoms with van der Waals surface area (Å²) in [6, 6.07) is 0.922. The van der Waals surface area contributed by atoms with E-state index >= 15 is 0 Å². The van der Waals surface area contributed by atoms with Crippen molar-refractivity contribution >= 4 is 11.8 Å². The molecule has 0 aliphatic carbocycles. The Labute approximate surface area is 154 Å². The Kier molecular flexibility index (Phi) is 6.09. The molecule has 0 amide bonds. The van der Waals surface area contributed by atoms with Gasteiger partial charge in [0.05, 0.1) is 6.54 Å². The van der Waals surface area contributed by atoms with Crippen LogP contribution in [0.25, 0.3) is 0 Å². The normalized spacial score (nSPS) is 14.7. The quantitative estimate of drug-likeness (QED) is 0.699. The number of nitrogens with one attached hydrogen (secondary N) is 1. The number of halogens is 3. The third-order valence-corrected chi connectivity index (χ3v) is 4.26. The fraction of sp³-hybridized carbons (Fsp3) is 0.625. The number of aromatic nitrogens is 5. The van der Waals surface area contributed by atoms with Crippen LogP contribution in [0.15, 0.2) is 12.4 Å². The summed E-state index contributed by atoms with van der Waals surface area (Å²) in [7, 11) is 1.62. The first-order chi connectivity index (χ1) is 13.0. The zero-order valence-corrected chi connectivity index (χ0v) is 15.0. The van der Waals surface area contributed by atoms with Crippen LogP contribution in [0.5, 0.6) is 0 Å². The molecule has 0 radical (unpaired) electrons. The van der Waals surface area contributed by atoms with Gasteiger partial charge in [-0.2, -0.15) is 18.2 Å². The van der Waals surface area contributed by atoms with E-state index in [0.717, 1.165) is 25.3 Å². The number of anilines is 2. The number of rotatable bonds is 8. The number of aryl methyl sites for hydroxylation is 1. The lowest BCUT2D eigenvalue weighted by Gasteiger charge is -2.18. The first kappa shape index (κ1) is 19.3. The van der Waals surface area contributed by atoms with Crippen molar-refractivity contribution < 1.29 is 17.9 Å². The monoisotopic (exact) mass is 385 g/mol. The smallest absolute Gasteiger partial charge is 0.385 e. The Morgan fingerprint density at radius 2 is 2.00 bits per heavy atom. The molecule has 0 saturated carbocycles. The molecule has 3 heterocycles. The summed E-state index contributed by atoms with van der Waals surface area (Å²) >= 11 is 0. The molecule has 0 atom stereocenters. The molecule has 27 heavy (non-hydrogen) atoms. The second kappa shape index (κ2) is 8.51. The van der Waals surface area contributed by atoms with Crippen molar-refractivity contribution in [2.45, 2.75) is 38.5 Å². The van der Waals surface area contributed by atoms with Gasteiger partial charge in [0, 0.05) is 39.4 Å². The second-order valence-corrected chi connectivity index (χ2v) is 6.27. The van der Waals surface area contributed by atoms with Gasteiger partial charge in [-0.15, -0.1) is 10.2 Å². The summed E-state index contributed by atoms with van der Waals surface area (Å²) in [4.78, 5) is 9.73. The van der Waals surface area contributed by atoms with Crippen LogP contribution in [0.1, 0.15) is 30.8 Å². The molecule has 2 aromatic rings. The Morgan fingerprint density at radius 3 is 2.70 bits per heavy atom. The van der Waals surface area contributed by atoms with Gasteiger partial charge in [-0.3, -0.25) is 0 Å². The van der Waals surface area contributed by atoms with Crippen LogP contribution >= 0.6 is 0 Å². The van der Waals surface area contributed by atoms with E-state index in [9.17, 15) is 13.2 Å². The maximum atomic E-state index is 13.2. The molecule has 0 spiro atoms. The highest BCUT2D eigenvalue weighted by molar-refractivity contribution is 5.45. The van der Waals surface area contributed by atoms with E-state index in [1.54, 1.807) is 18.3 Å². The van der Waals surface area contributed by atoms with E-state index in [2.05, 4.69) is 25.5 Å². The van der Waals surface area contributed by atoms with Gasteiger partial charge in [-0.25, -0.2) is 4.98 Å². The van der Waals surface area contributed by atoms with Crippen LogP contribution in [-0.4, -0.2) is 51.5 Å². The highest BCUT2D eigenvalue weighted by Crippen LogP contribution is 2.31. The van der Waals surface area contributed by atoms with E-state index in [4.69, 9.17) is 4.74 Å². The van der Waals surface area contributed by atoms with Crippen molar-refractivity contribution in [1.29, 1.82) is 0 Å². The van der Waals surface area contributed by atoms with Gasteiger partial charge in [0.15, 0.2) is 11.5 Å². The average molecular weight is 385 g/mol. The fourth-order valence-corrected chi connectivity index (χ4v) is 2.88. The van der Waals surface area contributed by atoms with Crippen molar-refractivity contribution in [3.05, 3.63) is 23.9 Å². The molecule has 0 bridgehead atoms. The highest BCUT2D eigenvalue weighted by atomic mass is 19.4. The summed E-state index contributed by atoms with van der Waals surface area (Å²) in [6.07, 6.45) is -0.316. The molecule has 11 heteroatoms. The van der Waals surface area contributed by atoms with Gasteiger partial charge in [0.2, 0.25) is 5.95 Å². The summed E-state index contributed by atoms with van der Waals surface area (Å²) in [5.41, 5.74) is -0.955. The van der Waals surface area contributed by atoms with Crippen LogP contribution in [0, 0.1) is 0 Å². The second-order valence-electron chi connectivity index (χ2n) is 6.27. The van der Waals surface area contributed by atoms with Crippen molar-refractivity contribution in [3.8, 4) is 0 Å². The molecule has 148 valence electrons. The molecule has 2 aromatic heterocycles. The molecule has 1 fully saturated rings. The van der Waals surface area contributed by atoms with Crippen LogP contribution in [0.3, 0.4) is 0 Å². The van der Waals surface area contributed by atoms with Crippen molar-refractivity contribution in [2.24, 2.45) is 0 Å². The van der Waals surface area contributed by atoms with E-state index in [0.29, 0.717) is 32.1 Å². The molecule has 8 nitrogen and oxygen atoms in total. The highest BCUT2D eigenvalue weighted by Gasteiger charge is 2.34. The van der Waals surface area contributed by atoms with Crippen molar-refractivity contribution in [3.63, 3.8) is 0 Å². The zero-order chi connectivity index (χ0) is 19.3. The van der Waals surface area contributed by atoms with Crippen LogP contribution in [0.4, 0.5) is 24.9 Å². The van der Waals surface area contributed by atoms with E-state index in [1.807, 2.05) is 4.57 Å². The minimum Gasteiger partial charge on any atom is -0.385 e. The van der Waals surface area contributed by atoms with Gasteiger partial charge in [-0.05, 0) is 19.3 Å². The number of alkyl halides is 3. The lowest BCUT2D eigenvalue weighted by Crippen LogP contribution is -2.23. The maximum Gasteiger partial charge on any atom is 0.433 e. The first-order valence-electron chi connectivity index (χ1n) is 8.78. The van der Waals surface area contributed by atoms with Gasteiger partial charge >= 0.3 is 6.18 Å². The van der Waals surface area contributed by atoms with E-state index < -0.39 is 11.9 Å². The Hall–Kier alpha value is -2.43. The molecule has 1 aliphatic heterocycles. The van der Waals surface area contributed by atoms with Gasteiger partial charge < -0.3 is 19.5 Å². The standard InChI is InChI=1S/C16H22F3N7O/c1-27-8-4-7-26-11-21-24-14(26)10-20-13-9-12(16(17,18)19)22-15(23-13)25-5-2-3-6-25/h9,11H,2-8,10H2,1H3,(H,20,22,23). The maximum absolute atomic E-state index is 13.2. The zero-order valence-electron chi connectivity index (χ0n) is 15.0. The minimum atomic E-state index is -4.53. The van der Waals surface area contributed by atoms with Gasteiger partial charge in [0.1, 0.15) is 12.1 Å². The largest absolute Gasteiger partial charge is 0.433 e. The van der Waals surface area contributed by atoms with Gasteiger partial charge in [-0.1, -0.05) is 0 Å². The van der Waals surface area contributed by atoms with Crippen LogP contribution in [-0.2, 0) is 24.0 Å². The Balaban J connectivity index is 1.74. The minimum absolute atomic E-state index is 0.103. The number of methoxy groups -OCH3 is 1. The SMILES string of the molecule is COCCCn1cnnc1CNc1cc(C(F)(F)F)nc(N2CCCC2)n1. The molecular weight excluding hydrogens is 363 g/mol. The average Bonchev–Trinajstić information content (AvgIpc) is 3.31. The first-order valence-corrected chi connectivity index (χ1v) is 8.78. The Morgan fingerprint density at radius 1 is 1.22 bits per heavy atom. The number of ether oxygens (including phenoxy) is 1. The van der Waals surface area contributed by atoms with Gasteiger partial charge in [0.25, 0.3) is 0 Å². The predicted molar refractivity (Wildman–Crippen MR) is 92.3 cm³/mol. The molecular formula is C16H22F3N7O. The molecule has 0 unspecified atom stereocenters.